The summed E-state index contributed by atoms with van der Waals surface area (Å²) in [4.78, 5) is 3.73. The van der Waals surface area contributed by atoms with Gasteiger partial charge in [-0.05, 0) is 12.1 Å². The summed E-state index contributed by atoms with van der Waals surface area (Å²) in [6.07, 6.45) is 3.17. The van der Waals surface area contributed by atoms with E-state index in [1.807, 2.05) is 6.07 Å². The van der Waals surface area contributed by atoms with Crippen LogP contribution in [-0.2, 0) is 0 Å². The van der Waals surface area contributed by atoms with Gasteiger partial charge in [-0.1, -0.05) is 0 Å². The number of nitriles is 1. The predicted octanol–water partition coefficient (Wildman–Crippen LogP) is 3.33. The number of nitrogens with zero attached hydrogens (tertiary/aromatic N) is 2. The number of halogens is 4. The molecule has 7 heteroatoms. The summed E-state index contributed by atoms with van der Waals surface area (Å²) in [5.41, 5.74) is 0.604. The molecule has 0 N–H and O–H groups in total. The van der Waals surface area contributed by atoms with E-state index in [0.29, 0.717) is 5.56 Å². The van der Waals surface area contributed by atoms with E-state index in [9.17, 15) is 0 Å². The van der Waals surface area contributed by atoms with E-state index in [-0.39, 0.29) is 0 Å². The van der Waals surface area contributed by atoms with Gasteiger partial charge >= 0.3 is 49.6 Å². The van der Waals surface area contributed by atoms with Crippen molar-refractivity contribution in [3.63, 3.8) is 0 Å². The minimum absolute atomic E-state index is 0.604. The second-order valence-electron chi connectivity index (χ2n) is 1.70. The fourth-order valence-corrected chi connectivity index (χ4v) is 0.429. The average Bonchev–Trinajstić information content (AvgIpc) is 2.03. The predicted molar refractivity (Wildman–Crippen MR) is 58.1 cm³/mol. The van der Waals surface area contributed by atoms with Gasteiger partial charge in [0.2, 0.25) is 0 Å². The van der Waals surface area contributed by atoms with Gasteiger partial charge in [0.05, 0.1) is 5.56 Å². The summed E-state index contributed by atoms with van der Waals surface area (Å²) in [7, 11) is 17.1. The van der Waals surface area contributed by atoms with E-state index in [1.54, 1.807) is 18.3 Å². The minimum Gasteiger partial charge on any atom is -0.263 e. The van der Waals surface area contributed by atoms with E-state index < -0.39 is 9.20 Å². The van der Waals surface area contributed by atoms with E-state index in [2.05, 4.69) is 4.98 Å². The van der Waals surface area contributed by atoms with Crippen LogP contribution in [0, 0.1) is 11.3 Å². The minimum atomic E-state index is -2.86. The van der Waals surface area contributed by atoms with Gasteiger partial charge in [-0.3, -0.25) is 4.98 Å². The smallest absolute Gasteiger partial charge is 0.101 e. The molecule has 0 aromatic carbocycles. The molecule has 0 amide bonds. The molecule has 1 heterocycles. The van der Waals surface area contributed by atoms with Gasteiger partial charge in [0, 0.05) is 12.4 Å². The molecule has 13 heavy (non-hydrogen) atoms. The Morgan fingerprint density at radius 1 is 1.31 bits per heavy atom. The zero-order chi connectivity index (χ0) is 10.3. The summed E-state index contributed by atoms with van der Waals surface area (Å²) < 4.78 is 0. The zero-order valence-corrected chi connectivity index (χ0v) is 10.9. The molecule has 0 atom stereocenters. The quantitative estimate of drug-likeness (QED) is 0.686. The molecular weight excluding hydrogens is 321 g/mol. The largest absolute Gasteiger partial charge is 0.263 e. The van der Waals surface area contributed by atoms with Crippen molar-refractivity contribution in [1.82, 2.24) is 4.98 Å². The monoisotopic (exact) mass is 324 g/mol. The van der Waals surface area contributed by atoms with Crippen molar-refractivity contribution in [3.05, 3.63) is 30.1 Å². The maximum atomic E-state index is 8.25. The Bertz CT molecular complexity index is 273. The van der Waals surface area contributed by atoms with Gasteiger partial charge in [0.1, 0.15) is 6.07 Å². The summed E-state index contributed by atoms with van der Waals surface area (Å²) in [5, 5.41) is 8.25. The third kappa shape index (κ3) is 12.3. The molecule has 0 saturated heterocycles. The van der Waals surface area contributed by atoms with Crippen molar-refractivity contribution in [2.24, 2.45) is 0 Å². The van der Waals surface area contributed by atoms with Crippen molar-refractivity contribution in [1.29, 1.82) is 5.26 Å². The molecule has 0 radical (unpaired) electrons. The fourth-order valence-electron chi connectivity index (χ4n) is 0.429. The number of hydrogen-bond donors (Lipinski definition) is 0. The Hall–Kier alpha value is 0.319. The van der Waals surface area contributed by atoms with Crippen molar-refractivity contribution in [3.8, 4) is 6.07 Å². The maximum Gasteiger partial charge on any atom is 0.101 e. The molecule has 0 spiro atoms. The second kappa shape index (κ2) is 6.73. The molecule has 1 aromatic rings. The molecule has 0 bridgehead atoms. The zero-order valence-electron chi connectivity index (χ0n) is 6.12. The molecule has 0 aliphatic rings. The van der Waals surface area contributed by atoms with Crippen molar-refractivity contribution in [2.75, 3.05) is 0 Å². The number of rotatable bonds is 0. The number of pyridine rings is 1. The first-order valence-corrected chi connectivity index (χ1v) is 11.9. The molecular formula is C6H4Cl4N2Se. The van der Waals surface area contributed by atoms with Crippen LogP contribution in [0.25, 0.3) is 0 Å². The van der Waals surface area contributed by atoms with Crippen molar-refractivity contribution >= 4 is 49.6 Å². The van der Waals surface area contributed by atoms with Crippen LogP contribution in [0.15, 0.2) is 24.5 Å². The van der Waals surface area contributed by atoms with E-state index in [4.69, 9.17) is 45.7 Å². The Morgan fingerprint density at radius 2 is 1.85 bits per heavy atom. The second-order valence-corrected chi connectivity index (χ2v) is 17.7. The van der Waals surface area contributed by atoms with Crippen LogP contribution in [0.5, 0.6) is 0 Å². The Kier molecular flexibility index (Phi) is 6.89. The molecule has 0 saturated carbocycles. The van der Waals surface area contributed by atoms with Gasteiger partial charge in [0.15, 0.2) is 0 Å². The molecule has 0 aliphatic heterocycles. The summed E-state index contributed by atoms with van der Waals surface area (Å²) >= 11 is 0. The normalized spacial score (nSPS) is 10.7. The first-order chi connectivity index (χ1) is 5.93. The SMILES string of the molecule is Cl[Se](Cl)(Cl)Cl.N#Cc1cccnc1. The van der Waals surface area contributed by atoms with E-state index >= 15 is 0 Å². The topological polar surface area (TPSA) is 36.7 Å². The molecule has 72 valence electrons. The van der Waals surface area contributed by atoms with E-state index in [0.717, 1.165) is 0 Å². The Labute approximate surface area is 95.5 Å². The van der Waals surface area contributed by atoms with E-state index in [1.165, 1.54) is 6.20 Å². The molecule has 0 aliphatic carbocycles. The molecule has 0 unspecified atom stereocenters. The van der Waals surface area contributed by atoms with Crippen LogP contribution in [-0.4, -0.2) is 14.2 Å². The van der Waals surface area contributed by atoms with Crippen LogP contribution >= 0.6 is 40.4 Å². The Morgan fingerprint density at radius 3 is 2.08 bits per heavy atom. The first kappa shape index (κ1) is 13.3. The first-order valence-electron chi connectivity index (χ1n) is 2.85. The molecule has 1 rings (SSSR count). The van der Waals surface area contributed by atoms with Crippen LogP contribution in [0.1, 0.15) is 5.56 Å². The third-order valence-electron chi connectivity index (χ3n) is 0.791. The summed E-state index contributed by atoms with van der Waals surface area (Å²) in [6.45, 7) is 0. The standard InChI is InChI=1S/C6H4N2.Cl4Se/c7-4-6-2-1-3-8-5-6;1-5(2,3)4/h1-3,5H;. The van der Waals surface area contributed by atoms with Gasteiger partial charge < -0.3 is 0 Å². The van der Waals surface area contributed by atoms with Crippen LogP contribution < -0.4 is 0 Å². The molecule has 1 aromatic heterocycles. The van der Waals surface area contributed by atoms with Crippen molar-refractivity contribution in [2.45, 2.75) is 0 Å². The average molecular weight is 325 g/mol. The number of aromatic nitrogens is 1. The molecule has 2 nitrogen and oxygen atoms in total. The van der Waals surface area contributed by atoms with Crippen molar-refractivity contribution < 1.29 is 0 Å². The third-order valence-corrected chi connectivity index (χ3v) is 0.791. The van der Waals surface area contributed by atoms with Crippen LogP contribution in [0.3, 0.4) is 0 Å². The van der Waals surface area contributed by atoms with Gasteiger partial charge in [0.25, 0.3) is 0 Å². The maximum absolute atomic E-state index is 8.25. The number of hydrogen-bond acceptors (Lipinski definition) is 2. The summed E-state index contributed by atoms with van der Waals surface area (Å²) in [6, 6.07) is 5.41. The van der Waals surface area contributed by atoms with Gasteiger partial charge in [-0.25, -0.2) is 0 Å². The summed E-state index contributed by atoms with van der Waals surface area (Å²) in [5.74, 6) is 0. The fraction of sp³-hybridized carbons (Fsp3) is 0. The molecule has 0 fully saturated rings. The van der Waals surface area contributed by atoms with Gasteiger partial charge in [-0.15, -0.1) is 0 Å². The Balaban J connectivity index is 0.000000252. The van der Waals surface area contributed by atoms with Crippen LogP contribution in [0.4, 0.5) is 0 Å². The van der Waals surface area contributed by atoms with Gasteiger partial charge in [-0.2, -0.15) is 5.26 Å². The van der Waals surface area contributed by atoms with Crippen LogP contribution in [0.2, 0.25) is 0 Å².